The van der Waals surface area contributed by atoms with E-state index < -0.39 is 0 Å². The normalized spacial score (nSPS) is 14.9. The molecule has 0 atom stereocenters. The summed E-state index contributed by atoms with van der Waals surface area (Å²) in [6.45, 7) is 3.21. The van der Waals surface area contributed by atoms with E-state index in [1.807, 2.05) is 11.3 Å². The highest BCUT2D eigenvalue weighted by molar-refractivity contribution is 7.15. The second kappa shape index (κ2) is 4.49. The summed E-state index contributed by atoms with van der Waals surface area (Å²) in [4.78, 5) is 6.17. The lowest BCUT2D eigenvalue weighted by Crippen LogP contribution is -1.99. The number of aromatic nitrogens is 1. The van der Waals surface area contributed by atoms with Crippen LogP contribution < -0.4 is 5.32 Å². The molecule has 0 amide bonds. The van der Waals surface area contributed by atoms with E-state index in [1.54, 1.807) is 0 Å². The minimum absolute atomic E-state index is 1.06. The van der Waals surface area contributed by atoms with E-state index in [-0.39, 0.29) is 0 Å². The second-order valence-electron chi connectivity index (χ2n) is 4.49. The van der Waals surface area contributed by atoms with E-state index in [0.717, 1.165) is 17.4 Å². The molecule has 0 unspecified atom stereocenters. The minimum Gasteiger partial charge on any atom is -0.369 e. The average Bonchev–Trinajstić information content (AvgIpc) is 2.61. The van der Waals surface area contributed by atoms with Crippen LogP contribution in [0.5, 0.6) is 0 Å². The van der Waals surface area contributed by atoms with Gasteiger partial charge in [-0.2, -0.15) is 0 Å². The van der Waals surface area contributed by atoms with Gasteiger partial charge in [0.2, 0.25) is 0 Å². The maximum absolute atomic E-state index is 4.75. The molecular formula is C14H16N2S. The number of thiazole rings is 1. The Hall–Kier alpha value is -1.35. The van der Waals surface area contributed by atoms with Crippen LogP contribution in [0, 0.1) is 6.92 Å². The maximum atomic E-state index is 4.75. The van der Waals surface area contributed by atoms with Gasteiger partial charge in [-0.3, -0.25) is 0 Å². The van der Waals surface area contributed by atoms with Crippen molar-refractivity contribution >= 4 is 17.2 Å². The molecule has 2 nitrogen and oxygen atoms in total. The fraction of sp³-hybridized carbons (Fsp3) is 0.357. The lowest BCUT2D eigenvalue weighted by Gasteiger charge is -2.01. The number of benzene rings is 1. The van der Waals surface area contributed by atoms with Gasteiger partial charge in [0.25, 0.3) is 0 Å². The van der Waals surface area contributed by atoms with Gasteiger partial charge in [0.05, 0.1) is 0 Å². The van der Waals surface area contributed by atoms with E-state index in [4.69, 9.17) is 4.98 Å². The molecule has 17 heavy (non-hydrogen) atoms. The Bertz CT molecular complexity index is 507. The molecule has 1 aromatic carbocycles. The van der Waals surface area contributed by atoms with Crippen molar-refractivity contribution in [3.8, 4) is 10.6 Å². The van der Waals surface area contributed by atoms with Crippen LogP contribution in [0.25, 0.3) is 10.6 Å². The molecule has 0 aliphatic carbocycles. The highest BCUT2D eigenvalue weighted by Gasteiger charge is 2.15. The molecule has 2 heterocycles. The summed E-state index contributed by atoms with van der Waals surface area (Å²) < 4.78 is 0. The first-order valence-electron chi connectivity index (χ1n) is 6.14. The molecule has 0 saturated carbocycles. The van der Waals surface area contributed by atoms with Crippen LogP contribution in [-0.4, -0.2) is 11.5 Å². The first-order valence-corrected chi connectivity index (χ1v) is 6.96. The third-order valence-electron chi connectivity index (χ3n) is 3.20. The number of nitrogens with zero attached hydrogens (tertiary/aromatic N) is 1. The molecule has 0 spiro atoms. The number of hydrogen-bond donors (Lipinski definition) is 1. The Morgan fingerprint density at radius 1 is 1.24 bits per heavy atom. The quantitative estimate of drug-likeness (QED) is 0.823. The zero-order chi connectivity index (χ0) is 11.7. The van der Waals surface area contributed by atoms with Gasteiger partial charge >= 0.3 is 0 Å². The number of aryl methyl sites for hydroxylation is 2. The topological polar surface area (TPSA) is 24.9 Å². The summed E-state index contributed by atoms with van der Waals surface area (Å²) in [5.74, 6) is 1.12. The van der Waals surface area contributed by atoms with Gasteiger partial charge in [-0.25, -0.2) is 4.98 Å². The Labute approximate surface area is 106 Å². The highest BCUT2D eigenvalue weighted by Crippen LogP contribution is 2.34. The summed E-state index contributed by atoms with van der Waals surface area (Å²) in [5.41, 5.74) is 2.57. The van der Waals surface area contributed by atoms with Crippen LogP contribution in [0.2, 0.25) is 0 Å². The van der Waals surface area contributed by atoms with Gasteiger partial charge in [0, 0.05) is 17.0 Å². The molecular weight excluding hydrogens is 228 g/mol. The number of hydrogen-bond acceptors (Lipinski definition) is 3. The van der Waals surface area contributed by atoms with Gasteiger partial charge in [-0.05, 0) is 31.7 Å². The van der Waals surface area contributed by atoms with Crippen LogP contribution in [0.4, 0.5) is 5.82 Å². The lowest BCUT2D eigenvalue weighted by molar-refractivity contribution is 0.790. The molecule has 88 valence electrons. The molecule has 1 aliphatic heterocycles. The predicted molar refractivity (Wildman–Crippen MR) is 73.7 cm³/mol. The number of rotatable bonds is 1. The Morgan fingerprint density at radius 2 is 2.12 bits per heavy atom. The first-order chi connectivity index (χ1) is 8.34. The predicted octanol–water partition coefficient (Wildman–Crippen LogP) is 3.87. The third kappa shape index (κ3) is 2.07. The van der Waals surface area contributed by atoms with Crippen molar-refractivity contribution in [2.24, 2.45) is 0 Å². The largest absolute Gasteiger partial charge is 0.369 e. The molecule has 1 aromatic heterocycles. The molecule has 1 aliphatic rings. The van der Waals surface area contributed by atoms with Crippen molar-refractivity contribution < 1.29 is 0 Å². The van der Waals surface area contributed by atoms with Crippen molar-refractivity contribution in [2.75, 3.05) is 11.9 Å². The van der Waals surface area contributed by atoms with Gasteiger partial charge in [0.1, 0.15) is 10.8 Å². The summed E-state index contributed by atoms with van der Waals surface area (Å²) >= 11 is 1.84. The summed E-state index contributed by atoms with van der Waals surface area (Å²) in [5, 5.41) is 4.59. The molecule has 0 fully saturated rings. The lowest BCUT2D eigenvalue weighted by atomic mass is 10.1. The maximum Gasteiger partial charge on any atom is 0.140 e. The second-order valence-corrected chi connectivity index (χ2v) is 5.57. The minimum atomic E-state index is 1.06. The Morgan fingerprint density at radius 3 is 3.00 bits per heavy atom. The molecule has 1 N–H and O–H groups in total. The number of anilines is 1. The number of nitrogens with one attached hydrogen (secondary N) is 1. The fourth-order valence-electron chi connectivity index (χ4n) is 2.20. The van der Waals surface area contributed by atoms with Gasteiger partial charge < -0.3 is 5.32 Å². The van der Waals surface area contributed by atoms with Crippen LogP contribution in [0.1, 0.15) is 23.3 Å². The first kappa shape index (κ1) is 10.8. The summed E-state index contributed by atoms with van der Waals surface area (Å²) in [6, 6.07) is 8.47. The van der Waals surface area contributed by atoms with E-state index >= 15 is 0 Å². The van der Waals surface area contributed by atoms with E-state index in [9.17, 15) is 0 Å². The van der Waals surface area contributed by atoms with Crippen molar-refractivity contribution in [1.82, 2.24) is 4.98 Å². The van der Waals surface area contributed by atoms with E-state index in [1.165, 1.54) is 35.3 Å². The third-order valence-corrected chi connectivity index (χ3v) is 4.34. The number of fused-ring (bicyclic) bond motifs is 1. The molecule has 0 bridgehead atoms. The monoisotopic (exact) mass is 244 g/mol. The van der Waals surface area contributed by atoms with Gasteiger partial charge in [0.15, 0.2) is 0 Å². The molecule has 3 rings (SSSR count). The molecule has 2 aromatic rings. The van der Waals surface area contributed by atoms with E-state index in [2.05, 4.69) is 36.5 Å². The van der Waals surface area contributed by atoms with Crippen molar-refractivity contribution in [3.05, 3.63) is 34.7 Å². The van der Waals surface area contributed by atoms with Crippen LogP contribution >= 0.6 is 11.3 Å². The van der Waals surface area contributed by atoms with Crippen molar-refractivity contribution in [3.63, 3.8) is 0 Å². The van der Waals surface area contributed by atoms with Gasteiger partial charge in [-0.1, -0.05) is 24.3 Å². The standard InChI is InChI=1S/C14H16N2S/c1-10-6-2-3-7-11(10)14-16-13-12(17-14)8-4-5-9-15-13/h2-3,6-7,15H,4-5,8-9H2,1H3. The Balaban J connectivity index is 2.02. The molecule has 0 saturated heterocycles. The molecule has 0 radical (unpaired) electrons. The highest BCUT2D eigenvalue weighted by atomic mass is 32.1. The summed E-state index contributed by atoms with van der Waals surface area (Å²) in [7, 11) is 0. The average molecular weight is 244 g/mol. The zero-order valence-corrected chi connectivity index (χ0v) is 10.8. The SMILES string of the molecule is Cc1ccccc1-c1nc2c(s1)CCCCN2. The molecule has 3 heteroatoms. The van der Waals surface area contributed by atoms with Crippen molar-refractivity contribution in [2.45, 2.75) is 26.2 Å². The van der Waals surface area contributed by atoms with Gasteiger partial charge in [-0.15, -0.1) is 11.3 Å². The summed E-state index contributed by atoms with van der Waals surface area (Å²) in [6.07, 6.45) is 3.70. The van der Waals surface area contributed by atoms with Crippen LogP contribution in [0.3, 0.4) is 0 Å². The van der Waals surface area contributed by atoms with Crippen LogP contribution in [-0.2, 0) is 6.42 Å². The zero-order valence-electron chi connectivity index (χ0n) is 9.99. The van der Waals surface area contributed by atoms with E-state index in [0.29, 0.717) is 0 Å². The smallest absolute Gasteiger partial charge is 0.140 e. The fourth-order valence-corrected chi connectivity index (χ4v) is 3.37. The van der Waals surface area contributed by atoms with Crippen molar-refractivity contribution in [1.29, 1.82) is 0 Å². The van der Waals surface area contributed by atoms with Crippen LogP contribution in [0.15, 0.2) is 24.3 Å². The Kier molecular flexibility index (Phi) is 2.85.